The molecule has 2 aromatic carbocycles. The second kappa shape index (κ2) is 8.99. The molecule has 1 aliphatic rings. The molecule has 0 saturated carbocycles. The minimum Gasteiger partial charge on any atom is -0.348 e. The normalized spacial score (nSPS) is 15.8. The Kier molecular flexibility index (Phi) is 6.44. The van der Waals surface area contributed by atoms with E-state index in [1.54, 1.807) is 16.9 Å². The van der Waals surface area contributed by atoms with Gasteiger partial charge in [-0.2, -0.15) is 5.10 Å². The van der Waals surface area contributed by atoms with Crippen molar-refractivity contribution in [3.05, 3.63) is 77.9 Å². The molecular weight excluding hydrogens is 379 g/mol. The van der Waals surface area contributed by atoms with Gasteiger partial charge in [-0.15, -0.1) is 12.4 Å². The Hall–Kier alpha value is -2.70. The highest BCUT2D eigenvalue weighted by Crippen LogP contribution is 2.22. The van der Waals surface area contributed by atoms with Crippen LogP contribution >= 0.6 is 12.4 Å². The van der Waals surface area contributed by atoms with Gasteiger partial charge in [0.1, 0.15) is 5.82 Å². The zero-order valence-corrected chi connectivity index (χ0v) is 16.1. The van der Waals surface area contributed by atoms with Gasteiger partial charge in [0.25, 0.3) is 5.91 Å². The zero-order chi connectivity index (χ0) is 18.6. The first-order valence-electron chi connectivity index (χ1n) is 9.06. The number of hydrogen-bond acceptors (Lipinski definition) is 3. The average molecular weight is 401 g/mol. The van der Waals surface area contributed by atoms with Crippen LogP contribution in [-0.2, 0) is 6.54 Å². The molecule has 5 nitrogen and oxygen atoms in total. The van der Waals surface area contributed by atoms with Gasteiger partial charge >= 0.3 is 0 Å². The first kappa shape index (κ1) is 20.0. The molecule has 1 aromatic heterocycles. The predicted molar refractivity (Wildman–Crippen MR) is 109 cm³/mol. The molecular formula is C21H22ClFN4O. The van der Waals surface area contributed by atoms with Crippen LogP contribution in [0.25, 0.3) is 11.1 Å². The first-order valence-corrected chi connectivity index (χ1v) is 9.06. The molecule has 0 radical (unpaired) electrons. The topological polar surface area (TPSA) is 59.0 Å². The zero-order valence-electron chi connectivity index (χ0n) is 15.3. The lowest BCUT2D eigenvalue weighted by Gasteiger charge is -2.12. The van der Waals surface area contributed by atoms with Crippen LogP contribution in [0.2, 0.25) is 0 Å². The summed E-state index contributed by atoms with van der Waals surface area (Å²) in [6, 6.07) is 14.5. The molecule has 2 N–H and O–H groups in total. The quantitative estimate of drug-likeness (QED) is 0.691. The van der Waals surface area contributed by atoms with E-state index in [4.69, 9.17) is 0 Å². The van der Waals surface area contributed by atoms with Crippen LogP contribution in [0.15, 0.2) is 60.9 Å². The largest absolute Gasteiger partial charge is 0.348 e. The molecule has 1 fully saturated rings. The number of hydrogen-bond donors (Lipinski definition) is 2. The molecule has 1 atom stereocenters. The molecule has 0 aliphatic carbocycles. The third-order valence-corrected chi connectivity index (χ3v) is 4.71. The van der Waals surface area contributed by atoms with Gasteiger partial charge in [-0.05, 0) is 42.3 Å². The average Bonchev–Trinajstić information content (AvgIpc) is 3.34. The molecule has 7 heteroatoms. The molecule has 0 unspecified atom stereocenters. The number of carbonyl (C=O) groups is 1. The number of amides is 1. The Balaban J connectivity index is 0.00000225. The minimum atomic E-state index is -0.432. The third-order valence-electron chi connectivity index (χ3n) is 4.71. The molecule has 1 saturated heterocycles. The summed E-state index contributed by atoms with van der Waals surface area (Å²) >= 11 is 0. The van der Waals surface area contributed by atoms with E-state index in [0.29, 0.717) is 17.7 Å². The summed E-state index contributed by atoms with van der Waals surface area (Å²) in [5.41, 5.74) is 2.88. The Morgan fingerprint density at radius 3 is 2.79 bits per heavy atom. The maximum atomic E-state index is 14.1. The van der Waals surface area contributed by atoms with Crippen LogP contribution in [0.3, 0.4) is 0 Å². The lowest BCUT2D eigenvalue weighted by molar-refractivity contribution is 0.0939. The summed E-state index contributed by atoms with van der Waals surface area (Å²) in [5.74, 6) is -0.681. The van der Waals surface area contributed by atoms with E-state index in [1.807, 2.05) is 36.5 Å². The van der Waals surface area contributed by atoms with Crippen molar-refractivity contribution in [1.29, 1.82) is 0 Å². The highest BCUT2D eigenvalue weighted by Gasteiger charge is 2.18. The summed E-state index contributed by atoms with van der Waals surface area (Å²) in [6.07, 6.45) is 4.45. The Labute approximate surface area is 169 Å². The third kappa shape index (κ3) is 4.77. The predicted octanol–water partition coefficient (Wildman–Crippen LogP) is 3.25. The maximum absolute atomic E-state index is 14.1. The van der Waals surface area contributed by atoms with Crippen LogP contribution in [-0.4, -0.2) is 34.8 Å². The molecule has 0 spiro atoms. The van der Waals surface area contributed by atoms with Gasteiger partial charge in [0.2, 0.25) is 0 Å². The van der Waals surface area contributed by atoms with Crippen molar-refractivity contribution < 1.29 is 9.18 Å². The van der Waals surface area contributed by atoms with Crippen molar-refractivity contribution in [3.8, 4) is 11.1 Å². The van der Waals surface area contributed by atoms with E-state index < -0.39 is 5.82 Å². The molecule has 0 bridgehead atoms. The van der Waals surface area contributed by atoms with E-state index in [9.17, 15) is 9.18 Å². The van der Waals surface area contributed by atoms with Crippen molar-refractivity contribution in [1.82, 2.24) is 20.4 Å². The van der Waals surface area contributed by atoms with Crippen LogP contribution < -0.4 is 10.6 Å². The Morgan fingerprint density at radius 1 is 1.21 bits per heavy atom. The van der Waals surface area contributed by atoms with Gasteiger partial charge in [0.05, 0.1) is 12.7 Å². The highest BCUT2D eigenvalue weighted by molar-refractivity contribution is 5.95. The fraction of sp³-hybridized carbons (Fsp3) is 0.238. The first-order chi connectivity index (χ1) is 13.2. The summed E-state index contributed by atoms with van der Waals surface area (Å²) < 4.78 is 15.9. The van der Waals surface area contributed by atoms with Crippen molar-refractivity contribution in [2.45, 2.75) is 19.0 Å². The number of carbonyl (C=O) groups excluding carboxylic acids is 1. The van der Waals surface area contributed by atoms with Gasteiger partial charge in [0.15, 0.2) is 0 Å². The van der Waals surface area contributed by atoms with Gasteiger partial charge in [-0.1, -0.05) is 30.3 Å². The van der Waals surface area contributed by atoms with Crippen molar-refractivity contribution in [2.75, 3.05) is 13.1 Å². The number of halogens is 2. The number of nitrogens with zero attached hydrogens (tertiary/aromatic N) is 2. The fourth-order valence-electron chi connectivity index (χ4n) is 3.30. The molecule has 28 heavy (non-hydrogen) atoms. The van der Waals surface area contributed by atoms with Gasteiger partial charge in [-0.3, -0.25) is 9.48 Å². The highest BCUT2D eigenvalue weighted by atomic mass is 35.5. The van der Waals surface area contributed by atoms with E-state index in [-0.39, 0.29) is 24.4 Å². The van der Waals surface area contributed by atoms with Crippen molar-refractivity contribution >= 4 is 18.3 Å². The monoisotopic (exact) mass is 400 g/mol. The summed E-state index contributed by atoms with van der Waals surface area (Å²) in [4.78, 5) is 12.5. The molecule has 146 valence electrons. The minimum absolute atomic E-state index is 0. The van der Waals surface area contributed by atoms with E-state index in [0.717, 1.165) is 30.6 Å². The number of benzene rings is 2. The summed E-state index contributed by atoms with van der Waals surface area (Å²) in [5, 5.41) is 10.5. The molecule has 4 rings (SSSR count). The molecule has 3 aromatic rings. The van der Waals surface area contributed by atoms with Crippen LogP contribution in [0, 0.1) is 5.82 Å². The summed E-state index contributed by atoms with van der Waals surface area (Å²) in [7, 11) is 0. The Morgan fingerprint density at radius 2 is 2.04 bits per heavy atom. The Bertz CT molecular complexity index is 939. The van der Waals surface area contributed by atoms with Gasteiger partial charge in [0, 0.05) is 29.9 Å². The fourth-order valence-corrected chi connectivity index (χ4v) is 3.30. The second-order valence-corrected chi connectivity index (χ2v) is 6.80. The maximum Gasteiger partial charge on any atom is 0.251 e. The van der Waals surface area contributed by atoms with Crippen LogP contribution in [0.5, 0.6) is 0 Å². The molecule has 1 amide bonds. The lowest BCUT2D eigenvalue weighted by atomic mass is 10.0. The lowest BCUT2D eigenvalue weighted by Crippen LogP contribution is -2.36. The number of nitrogens with one attached hydrogen (secondary N) is 2. The van der Waals surface area contributed by atoms with Gasteiger partial charge in [-0.25, -0.2) is 4.39 Å². The second-order valence-electron chi connectivity index (χ2n) is 6.80. The van der Waals surface area contributed by atoms with E-state index in [1.165, 1.54) is 12.1 Å². The summed E-state index contributed by atoms with van der Waals surface area (Å²) in [6.45, 7) is 2.28. The van der Waals surface area contributed by atoms with Crippen LogP contribution in [0.4, 0.5) is 4.39 Å². The molecule has 2 heterocycles. The van der Waals surface area contributed by atoms with E-state index in [2.05, 4.69) is 15.7 Å². The van der Waals surface area contributed by atoms with Crippen LogP contribution in [0.1, 0.15) is 22.3 Å². The smallest absolute Gasteiger partial charge is 0.251 e. The van der Waals surface area contributed by atoms with Crippen molar-refractivity contribution in [3.63, 3.8) is 0 Å². The van der Waals surface area contributed by atoms with E-state index >= 15 is 0 Å². The van der Waals surface area contributed by atoms with Crippen molar-refractivity contribution in [2.24, 2.45) is 0 Å². The number of aromatic nitrogens is 2. The van der Waals surface area contributed by atoms with Gasteiger partial charge < -0.3 is 10.6 Å². The number of rotatable bonds is 5. The standard InChI is InChI=1S/C21H21FN4O.ClH/c22-19-9-16(8-17(10-19)21(27)25-20-6-7-23-12-20)18-11-24-26(14-18)13-15-4-2-1-3-5-15;/h1-5,8-11,14,20,23H,6-7,12-13H2,(H,25,27);1H/t20-;/m0./s1. The SMILES string of the molecule is Cl.O=C(N[C@H]1CCNC1)c1cc(F)cc(-c2cnn(Cc3ccccc3)c2)c1. The molecule has 1 aliphatic heterocycles.